The Bertz CT molecular complexity index is 1110. The van der Waals surface area contributed by atoms with Gasteiger partial charge in [-0.05, 0) is 42.8 Å². The summed E-state index contributed by atoms with van der Waals surface area (Å²) in [5.74, 6) is 1.51. The van der Waals surface area contributed by atoms with Crippen LogP contribution in [0.25, 0.3) is 6.08 Å². The Morgan fingerprint density at radius 3 is 2.77 bits per heavy atom. The number of carbonyl (C=O) groups is 2. The summed E-state index contributed by atoms with van der Waals surface area (Å²) in [7, 11) is 0. The molecule has 31 heavy (non-hydrogen) atoms. The van der Waals surface area contributed by atoms with E-state index in [0.29, 0.717) is 43.4 Å². The maximum absolute atomic E-state index is 12.8. The van der Waals surface area contributed by atoms with E-state index in [9.17, 15) is 9.59 Å². The van der Waals surface area contributed by atoms with Crippen LogP contribution in [0.5, 0.6) is 17.2 Å². The van der Waals surface area contributed by atoms with E-state index < -0.39 is 6.09 Å². The summed E-state index contributed by atoms with van der Waals surface area (Å²) in [6, 6.07) is 12.5. The molecule has 0 radical (unpaired) electrons. The molecule has 3 aliphatic heterocycles. The quantitative estimate of drug-likeness (QED) is 0.689. The first kappa shape index (κ1) is 19.4. The van der Waals surface area contributed by atoms with Crippen molar-refractivity contribution in [1.29, 1.82) is 0 Å². The van der Waals surface area contributed by atoms with Crippen LogP contribution in [0.2, 0.25) is 0 Å². The Morgan fingerprint density at radius 2 is 1.94 bits per heavy atom. The van der Waals surface area contributed by atoms with Gasteiger partial charge in [0.25, 0.3) is 0 Å². The van der Waals surface area contributed by atoms with E-state index in [4.69, 9.17) is 18.9 Å². The Morgan fingerprint density at radius 1 is 1.13 bits per heavy atom. The van der Waals surface area contributed by atoms with Gasteiger partial charge in [0.15, 0.2) is 5.76 Å². The molecule has 2 aromatic carbocycles. The maximum atomic E-state index is 12.8. The number of ether oxygens (including phenoxy) is 4. The molecule has 0 aliphatic carbocycles. The zero-order valence-electron chi connectivity index (χ0n) is 17.0. The molecule has 158 valence electrons. The number of ketones is 1. The van der Waals surface area contributed by atoms with Crippen molar-refractivity contribution in [1.82, 2.24) is 4.90 Å². The normalized spacial score (nSPS) is 21.0. The predicted molar refractivity (Wildman–Crippen MR) is 112 cm³/mol. The van der Waals surface area contributed by atoms with Gasteiger partial charge in [0.05, 0.1) is 18.8 Å². The van der Waals surface area contributed by atoms with Crippen molar-refractivity contribution in [3.05, 3.63) is 71.0 Å². The number of carbonyl (C=O) groups excluding carboxylic acids is 2. The molecule has 2 aromatic rings. The fourth-order valence-corrected chi connectivity index (χ4v) is 3.71. The summed E-state index contributed by atoms with van der Waals surface area (Å²) in [5, 5.41) is 0. The molecule has 1 saturated heterocycles. The molecule has 1 amide bonds. The number of fused-ring (bicyclic) bond motifs is 2. The number of amides is 1. The molecular weight excluding hydrogens is 398 g/mol. The predicted octanol–water partition coefficient (Wildman–Crippen LogP) is 3.84. The van der Waals surface area contributed by atoms with Crippen LogP contribution in [0.15, 0.2) is 59.9 Å². The third-order valence-electron chi connectivity index (χ3n) is 5.43. The van der Waals surface area contributed by atoms with E-state index in [1.807, 2.05) is 37.3 Å². The number of allylic oxidation sites excluding steroid dienone is 1. The third kappa shape index (κ3) is 3.80. The van der Waals surface area contributed by atoms with Crippen LogP contribution < -0.4 is 14.2 Å². The van der Waals surface area contributed by atoms with E-state index in [0.717, 1.165) is 16.9 Å². The molecule has 0 saturated carbocycles. The van der Waals surface area contributed by atoms with E-state index >= 15 is 0 Å². The molecule has 3 aliphatic rings. The smallest absolute Gasteiger partial charge is 0.415 e. The molecule has 5 rings (SSSR count). The summed E-state index contributed by atoms with van der Waals surface area (Å²) in [6.07, 6.45) is 3.04. The van der Waals surface area contributed by atoms with Crippen molar-refractivity contribution < 1.29 is 28.5 Å². The summed E-state index contributed by atoms with van der Waals surface area (Å²) >= 11 is 0. The van der Waals surface area contributed by atoms with Gasteiger partial charge in [0, 0.05) is 24.7 Å². The monoisotopic (exact) mass is 419 g/mol. The minimum Gasteiger partial charge on any atom is -0.485 e. The summed E-state index contributed by atoms with van der Waals surface area (Å²) in [6.45, 7) is 3.89. The fourth-order valence-electron chi connectivity index (χ4n) is 3.71. The van der Waals surface area contributed by atoms with E-state index in [2.05, 4.69) is 0 Å². The second-order valence-electron chi connectivity index (χ2n) is 7.51. The number of rotatable bonds is 2. The molecule has 1 atom stereocenters. The van der Waals surface area contributed by atoms with Crippen LogP contribution in [-0.2, 0) is 4.74 Å². The minimum absolute atomic E-state index is 0.215. The Hall–Kier alpha value is -3.58. The number of nitrogens with zero attached hydrogens (tertiary/aromatic N) is 1. The van der Waals surface area contributed by atoms with Crippen molar-refractivity contribution in [2.45, 2.75) is 13.0 Å². The molecule has 7 heteroatoms. The van der Waals surface area contributed by atoms with Gasteiger partial charge in [-0.1, -0.05) is 18.2 Å². The Balaban J connectivity index is 1.35. The van der Waals surface area contributed by atoms with Gasteiger partial charge in [-0.15, -0.1) is 0 Å². The van der Waals surface area contributed by atoms with Gasteiger partial charge in [0.1, 0.15) is 23.4 Å². The average Bonchev–Trinajstić information content (AvgIpc) is 3.09. The molecule has 0 bridgehead atoms. The van der Waals surface area contributed by atoms with Gasteiger partial charge in [-0.25, -0.2) is 4.79 Å². The number of morpholine rings is 1. The third-order valence-corrected chi connectivity index (χ3v) is 5.43. The number of hydrogen-bond acceptors (Lipinski definition) is 6. The topological polar surface area (TPSA) is 74.3 Å². The fraction of sp³-hybridized carbons (Fsp3) is 0.250. The Labute approximate surface area is 179 Å². The molecule has 7 nitrogen and oxygen atoms in total. The zero-order chi connectivity index (χ0) is 21.4. The van der Waals surface area contributed by atoms with Gasteiger partial charge < -0.3 is 23.8 Å². The molecule has 0 N–H and O–H groups in total. The molecule has 3 heterocycles. The molecule has 0 aromatic heterocycles. The van der Waals surface area contributed by atoms with E-state index in [1.165, 1.54) is 0 Å². The van der Waals surface area contributed by atoms with Gasteiger partial charge in [0.2, 0.25) is 5.78 Å². The first-order valence-electron chi connectivity index (χ1n) is 10.2. The highest BCUT2D eigenvalue weighted by molar-refractivity contribution is 6.12. The van der Waals surface area contributed by atoms with Crippen LogP contribution >= 0.6 is 0 Å². The molecule has 0 unspecified atom stereocenters. The minimum atomic E-state index is -0.444. The summed E-state index contributed by atoms with van der Waals surface area (Å²) in [5.41, 5.74) is 2.23. The summed E-state index contributed by atoms with van der Waals surface area (Å²) in [4.78, 5) is 26.7. The number of benzene rings is 2. The van der Waals surface area contributed by atoms with E-state index in [-0.39, 0.29) is 17.6 Å². The Kier molecular flexibility index (Phi) is 4.95. The molecule has 0 spiro atoms. The van der Waals surface area contributed by atoms with Crippen molar-refractivity contribution in [2.75, 3.05) is 26.3 Å². The number of Topliss-reactive ketones (excluding diaryl/α,β-unsaturated/α-hetero) is 1. The number of hydrogen-bond donors (Lipinski definition) is 0. The lowest BCUT2D eigenvalue weighted by Crippen LogP contribution is -2.42. The van der Waals surface area contributed by atoms with Crippen LogP contribution in [0.3, 0.4) is 0 Å². The molecular formula is C24H21NO6. The lowest BCUT2D eigenvalue weighted by molar-refractivity contribution is 0.0416. The van der Waals surface area contributed by atoms with Crippen molar-refractivity contribution in [2.24, 2.45) is 0 Å². The van der Waals surface area contributed by atoms with Gasteiger partial charge in [-0.3, -0.25) is 4.79 Å². The average molecular weight is 419 g/mol. The standard InChI is InChI=1S/C24H21NO6/c1-15-17(12-16-4-2-3-5-20(16)29-15)13-22-23(26)19-7-6-18(14-21(19)31-22)30-24(27)25-8-10-28-11-9-25/h2-7,12-15H,8-11H2,1H3/b22-13-/t15-/m1/s1. The highest BCUT2D eigenvalue weighted by atomic mass is 16.6. The largest absolute Gasteiger partial charge is 0.485 e. The van der Waals surface area contributed by atoms with Crippen LogP contribution in [0.4, 0.5) is 4.79 Å². The second-order valence-corrected chi connectivity index (χ2v) is 7.51. The second kappa shape index (κ2) is 7.92. The first-order valence-corrected chi connectivity index (χ1v) is 10.2. The lowest BCUT2D eigenvalue weighted by atomic mass is 10.0. The highest BCUT2D eigenvalue weighted by Crippen LogP contribution is 2.36. The number of para-hydroxylation sites is 1. The van der Waals surface area contributed by atoms with Crippen molar-refractivity contribution in [3.63, 3.8) is 0 Å². The lowest BCUT2D eigenvalue weighted by Gasteiger charge is -2.25. The SMILES string of the molecule is C[C@H]1Oc2ccccc2C=C1/C=C1\Oc2cc(OC(=O)N3CCOCC3)ccc2C1=O. The maximum Gasteiger partial charge on any atom is 0.415 e. The van der Waals surface area contributed by atoms with Gasteiger partial charge >= 0.3 is 6.09 Å². The van der Waals surface area contributed by atoms with Crippen LogP contribution in [-0.4, -0.2) is 49.2 Å². The summed E-state index contributed by atoms with van der Waals surface area (Å²) < 4.78 is 22.4. The van der Waals surface area contributed by atoms with Crippen LogP contribution in [0, 0.1) is 0 Å². The highest BCUT2D eigenvalue weighted by Gasteiger charge is 2.30. The zero-order valence-corrected chi connectivity index (χ0v) is 17.0. The van der Waals surface area contributed by atoms with Crippen molar-refractivity contribution >= 4 is 18.0 Å². The van der Waals surface area contributed by atoms with E-state index in [1.54, 1.807) is 29.2 Å². The van der Waals surface area contributed by atoms with Crippen LogP contribution in [0.1, 0.15) is 22.8 Å². The molecule has 1 fully saturated rings. The van der Waals surface area contributed by atoms with Crippen molar-refractivity contribution in [3.8, 4) is 17.2 Å². The first-order chi connectivity index (χ1) is 15.1. The van der Waals surface area contributed by atoms with Gasteiger partial charge in [-0.2, -0.15) is 0 Å².